The van der Waals surface area contributed by atoms with Gasteiger partial charge in [0, 0.05) is 23.5 Å². The van der Waals surface area contributed by atoms with Gasteiger partial charge in [-0.25, -0.2) is 0 Å². The number of hydrogen-bond acceptors (Lipinski definition) is 5. The van der Waals surface area contributed by atoms with Crippen molar-refractivity contribution >= 4 is 5.97 Å². The number of ether oxygens (including phenoxy) is 3. The molecule has 0 radical (unpaired) electrons. The molecule has 0 amide bonds. The van der Waals surface area contributed by atoms with E-state index in [4.69, 9.17) is 14.2 Å². The van der Waals surface area contributed by atoms with Crippen LogP contribution in [0.15, 0.2) is 11.6 Å². The van der Waals surface area contributed by atoms with Crippen LogP contribution >= 0.6 is 0 Å². The van der Waals surface area contributed by atoms with E-state index in [0.717, 1.165) is 32.1 Å². The molecule has 46 heavy (non-hydrogen) atoms. The molecule has 12 atom stereocenters. The number of nitrogens with zero attached hydrogens (tertiary/aromatic N) is 1. The molecule has 1 aliphatic heterocycles. The molecule has 0 aromatic heterocycles. The minimum Gasteiger partial charge on any atom is -0.481 e. The lowest BCUT2D eigenvalue weighted by Crippen LogP contribution is -2.66. The molecule has 0 aromatic rings. The van der Waals surface area contributed by atoms with Crippen LogP contribution in [-0.2, 0) is 19.0 Å². The molecule has 6 nitrogen and oxygen atoms in total. The van der Waals surface area contributed by atoms with Gasteiger partial charge in [-0.15, -0.1) is 0 Å². The summed E-state index contributed by atoms with van der Waals surface area (Å²) in [5.74, 6) is 0.966. The van der Waals surface area contributed by atoms with E-state index in [1.807, 2.05) is 0 Å². The predicted molar refractivity (Wildman–Crippen MR) is 188 cm³/mol. The lowest BCUT2D eigenvalue weighted by Gasteiger charge is -2.69. The van der Waals surface area contributed by atoms with Crippen LogP contribution in [0.25, 0.3) is 0 Å². The van der Waals surface area contributed by atoms with Gasteiger partial charge in [-0.1, -0.05) is 80.9 Å². The van der Waals surface area contributed by atoms with E-state index < -0.39 is 5.97 Å². The average molecular weight is 646 g/mol. The highest BCUT2D eigenvalue weighted by molar-refractivity contribution is 5.73. The molecule has 0 spiro atoms. The fraction of sp³-hybridized carbons (Fsp3) is 0.925. The van der Waals surface area contributed by atoms with Crippen molar-refractivity contribution in [1.29, 1.82) is 0 Å². The summed E-state index contributed by atoms with van der Waals surface area (Å²) in [6.45, 7) is 29.8. The van der Waals surface area contributed by atoms with Gasteiger partial charge in [0.25, 0.3) is 0 Å². The zero-order valence-electron chi connectivity index (χ0n) is 32.4. The lowest BCUT2D eigenvalue weighted by atomic mass is 9.35. The molecule has 4 rings (SSSR count). The summed E-state index contributed by atoms with van der Waals surface area (Å²) in [5, 5.41) is 11.0. The number of rotatable bonds is 11. The molecule has 1 heterocycles. The SMILES string of the molecule is CO[C@H](C)[C@H](OC[C@@](C)(C(C)C)N(C)C)C1(C)COC[C@@]2(C)C3=CC[C@@]4(C)[C@H](C(=O)O)[C@@](C)([C@H](C)C(C)C)CC[C@]4(C)[C@H]3CC[C@@H]12. The van der Waals surface area contributed by atoms with Gasteiger partial charge >= 0.3 is 5.97 Å². The Morgan fingerprint density at radius 3 is 2.15 bits per heavy atom. The van der Waals surface area contributed by atoms with Crippen LogP contribution in [-0.4, -0.2) is 74.7 Å². The van der Waals surface area contributed by atoms with E-state index in [2.05, 4.69) is 108 Å². The minimum atomic E-state index is -0.603. The van der Waals surface area contributed by atoms with Crippen LogP contribution in [0.3, 0.4) is 0 Å². The molecular weight excluding hydrogens is 574 g/mol. The number of hydrogen-bond donors (Lipinski definition) is 1. The molecule has 4 aliphatic rings. The van der Waals surface area contributed by atoms with E-state index >= 15 is 0 Å². The number of carbonyl (C=O) groups is 1. The summed E-state index contributed by atoms with van der Waals surface area (Å²) in [6, 6.07) is 0. The first kappa shape index (κ1) is 37.9. The molecule has 1 saturated heterocycles. The fourth-order valence-electron chi connectivity index (χ4n) is 11.7. The van der Waals surface area contributed by atoms with E-state index in [1.165, 1.54) is 5.57 Å². The number of carboxylic acid groups (broad SMARTS) is 1. The number of carboxylic acids is 1. The molecular formula is C40H71NO5. The summed E-state index contributed by atoms with van der Waals surface area (Å²) in [5.41, 5.74) is 0.430. The van der Waals surface area contributed by atoms with Gasteiger partial charge in [0.2, 0.25) is 0 Å². The van der Waals surface area contributed by atoms with Crippen molar-refractivity contribution in [3.8, 4) is 0 Å². The van der Waals surface area contributed by atoms with E-state index in [0.29, 0.717) is 49.4 Å². The van der Waals surface area contributed by atoms with Crippen molar-refractivity contribution in [2.24, 2.45) is 62.6 Å². The predicted octanol–water partition coefficient (Wildman–Crippen LogP) is 8.59. The molecule has 6 heteroatoms. The Bertz CT molecular complexity index is 1140. The van der Waals surface area contributed by atoms with E-state index in [-0.39, 0.29) is 50.7 Å². The second-order valence-electron chi connectivity index (χ2n) is 18.7. The van der Waals surface area contributed by atoms with Gasteiger partial charge in [0.1, 0.15) is 0 Å². The Balaban J connectivity index is 1.75. The molecule has 2 saturated carbocycles. The third kappa shape index (κ3) is 5.46. The van der Waals surface area contributed by atoms with E-state index in [1.54, 1.807) is 7.11 Å². The second kappa shape index (κ2) is 12.7. The molecule has 3 aliphatic carbocycles. The van der Waals surface area contributed by atoms with Gasteiger partial charge in [-0.2, -0.15) is 0 Å². The third-order valence-electron chi connectivity index (χ3n) is 16.0. The standard InChI is InChI=1S/C40H71NO5/c1-25(2)27(5)35(7)20-21-38(10)30-16-17-31-36(8,29(30)18-19-39(38,11)32(35)34(42)43)22-45-23-37(31,9)33(28(6)44-15)46-24-40(12,26(3)4)41(13)14/h18,25-28,30-33H,16-17,19-24H2,1-15H3,(H,42,43)/t27-,28-,30+,31-,32-,33+,35-,36+,37?,38-,39+,40+/m1/s1. The Kier molecular flexibility index (Phi) is 10.5. The van der Waals surface area contributed by atoms with Crippen molar-refractivity contribution < 1.29 is 24.1 Å². The van der Waals surface area contributed by atoms with Crippen LogP contribution in [0.2, 0.25) is 0 Å². The summed E-state index contributed by atoms with van der Waals surface area (Å²) in [6.07, 6.45) is 7.35. The highest BCUT2D eigenvalue weighted by Gasteiger charge is 2.69. The molecule has 1 unspecified atom stereocenters. The Labute approximate surface area is 282 Å². The maximum Gasteiger partial charge on any atom is 0.307 e. The van der Waals surface area contributed by atoms with Crippen molar-refractivity contribution in [3.05, 3.63) is 11.6 Å². The monoisotopic (exact) mass is 646 g/mol. The summed E-state index contributed by atoms with van der Waals surface area (Å²) in [4.78, 5) is 15.6. The summed E-state index contributed by atoms with van der Waals surface area (Å²) < 4.78 is 19.8. The van der Waals surface area contributed by atoms with Crippen molar-refractivity contribution in [3.63, 3.8) is 0 Å². The second-order valence-corrected chi connectivity index (χ2v) is 18.7. The van der Waals surface area contributed by atoms with Crippen LogP contribution in [0.5, 0.6) is 0 Å². The van der Waals surface area contributed by atoms with Crippen molar-refractivity contribution in [2.45, 2.75) is 133 Å². The first-order valence-electron chi connectivity index (χ1n) is 18.4. The largest absolute Gasteiger partial charge is 0.481 e. The normalized spacial score (nSPS) is 42.8. The number of fused-ring (bicyclic) bond motifs is 5. The third-order valence-corrected chi connectivity index (χ3v) is 16.0. The molecule has 0 bridgehead atoms. The van der Waals surface area contributed by atoms with Crippen molar-refractivity contribution in [2.75, 3.05) is 41.0 Å². The van der Waals surface area contributed by atoms with Crippen LogP contribution in [0, 0.1) is 62.6 Å². The summed E-state index contributed by atoms with van der Waals surface area (Å²) in [7, 11) is 6.11. The van der Waals surface area contributed by atoms with Crippen molar-refractivity contribution in [1.82, 2.24) is 4.90 Å². The van der Waals surface area contributed by atoms with Gasteiger partial charge in [0.05, 0.1) is 37.9 Å². The lowest BCUT2D eigenvalue weighted by molar-refractivity contribution is -0.229. The van der Waals surface area contributed by atoms with Gasteiger partial charge in [-0.05, 0) is 106 Å². The quantitative estimate of drug-likeness (QED) is 0.227. The zero-order valence-corrected chi connectivity index (χ0v) is 32.4. The maximum atomic E-state index is 13.3. The van der Waals surface area contributed by atoms with E-state index in [9.17, 15) is 9.90 Å². The maximum absolute atomic E-state index is 13.3. The smallest absolute Gasteiger partial charge is 0.307 e. The minimum absolute atomic E-state index is 0.0799. The fourth-order valence-corrected chi connectivity index (χ4v) is 11.7. The van der Waals surface area contributed by atoms with Gasteiger partial charge in [0.15, 0.2) is 0 Å². The average Bonchev–Trinajstić information content (AvgIpc) is 2.96. The summed E-state index contributed by atoms with van der Waals surface area (Å²) >= 11 is 0. The Morgan fingerprint density at radius 2 is 1.63 bits per heavy atom. The van der Waals surface area contributed by atoms with Crippen LogP contribution in [0.4, 0.5) is 0 Å². The number of aliphatic carboxylic acids is 1. The zero-order chi connectivity index (χ0) is 34.8. The van der Waals surface area contributed by atoms with Crippen LogP contribution < -0.4 is 0 Å². The molecule has 1 N–H and O–H groups in total. The van der Waals surface area contributed by atoms with Gasteiger partial charge < -0.3 is 24.2 Å². The Morgan fingerprint density at radius 1 is 1.00 bits per heavy atom. The highest BCUT2D eigenvalue weighted by atomic mass is 16.5. The van der Waals surface area contributed by atoms with Crippen LogP contribution in [0.1, 0.15) is 115 Å². The number of allylic oxidation sites excluding steroid dienone is 1. The molecule has 0 aromatic carbocycles. The number of likely N-dealkylation sites (N-methyl/N-ethyl adjacent to an activating group) is 1. The topological polar surface area (TPSA) is 68.2 Å². The first-order valence-corrected chi connectivity index (χ1v) is 18.4. The van der Waals surface area contributed by atoms with Gasteiger partial charge in [-0.3, -0.25) is 4.79 Å². The first-order chi connectivity index (χ1) is 21.1. The molecule has 3 fully saturated rings. The Hall–Kier alpha value is -0.950. The molecule has 266 valence electrons. The number of methoxy groups -OCH3 is 1. The highest BCUT2D eigenvalue weighted by Crippen LogP contribution is 2.73.